The number of fused-ring (bicyclic) bond motifs is 1. The Hall–Kier alpha value is -0.960. The molecule has 1 aromatic heterocycles. The first kappa shape index (κ1) is 9.59. The molecule has 74 valence electrons. The number of thiol groups is 1. The van der Waals surface area contributed by atoms with Crippen molar-refractivity contribution < 1.29 is 0 Å². The summed E-state index contributed by atoms with van der Waals surface area (Å²) in [6.07, 6.45) is 0. The van der Waals surface area contributed by atoms with E-state index in [9.17, 15) is 0 Å². The second-order valence-electron chi connectivity index (χ2n) is 4.54. The topological polar surface area (TPSA) is 28.7 Å². The highest BCUT2D eigenvalue weighted by Gasteiger charge is 2.17. The number of aromatic amines is 1. The second-order valence-corrected chi connectivity index (χ2v) is 5.05. The zero-order valence-corrected chi connectivity index (χ0v) is 9.52. The molecule has 0 aliphatic carbocycles. The average Bonchev–Trinajstić information content (AvgIpc) is 2.45. The molecule has 0 bridgehead atoms. The van der Waals surface area contributed by atoms with Crippen LogP contribution < -0.4 is 0 Å². The SMILES string of the molecule is CC(C)(C)c1nc2ccc(S)cc2[nH]1. The summed E-state index contributed by atoms with van der Waals surface area (Å²) in [5, 5.41) is 0. The molecule has 2 rings (SSSR count). The van der Waals surface area contributed by atoms with E-state index in [1.165, 1.54) is 0 Å². The van der Waals surface area contributed by atoms with Crippen molar-refractivity contribution in [1.29, 1.82) is 0 Å². The van der Waals surface area contributed by atoms with Crippen LogP contribution in [0.2, 0.25) is 0 Å². The summed E-state index contributed by atoms with van der Waals surface area (Å²) in [6.45, 7) is 6.44. The van der Waals surface area contributed by atoms with E-state index in [-0.39, 0.29) is 5.41 Å². The first-order chi connectivity index (χ1) is 6.47. The number of hydrogen-bond donors (Lipinski definition) is 2. The van der Waals surface area contributed by atoms with Crippen molar-refractivity contribution in [2.45, 2.75) is 31.1 Å². The number of nitrogens with one attached hydrogen (secondary N) is 1. The van der Waals surface area contributed by atoms with Crippen LogP contribution in [0.4, 0.5) is 0 Å². The molecule has 0 radical (unpaired) electrons. The molecule has 0 aliphatic heterocycles. The third-order valence-corrected chi connectivity index (χ3v) is 2.45. The highest BCUT2D eigenvalue weighted by molar-refractivity contribution is 7.80. The Kier molecular flexibility index (Phi) is 2.07. The second kappa shape index (κ2) is 3.02. The predicted molar refractivity (Wildman–Crippen MR) is 62.0 cm³/mol. The van der Waals surface area contributed by atoms with E-state index in [2.05, 4.69) is 43.4 Å². The molecule has 3 heteroatoms. The van der Waals surface area contributed by atoms with Gasteiger partial charge in [0.05, 0.1) is 11.0 Å². The van der Waals surface area contributed by atoms with Crippen LogP contribution in [0.15, 0.2) is 23.1 Å². The van der Waals surface area contributed by atoms with Gasteiger partial charge >= 0.3 is 0 Å². The van der Waals surface area contributed by atoms with Gasteiger partial charge in [0, 0.05) is 10.3 Å². The minimum Gasteiger partial charge on any atom is -0.342 e. The van der Waals surface area contributed by atoms with Gasteiger partial charge in [-0.25, -0.2) is 4.98 Å². The maximum absolute atomic E-state index is 4.54. The van der Waals surface area contributed by atoms with Gasteiger partial charge in [0.25, 0.3) is 0 Å². The van der Waals surface area contributed by atoms with Crippen molar-refractivity contribution in [2.24, 2.45) is 0 Å². The molecule has 0 saturated heterocycles. The van der Waals surface area contributed by atoms with Gasteiger partial charge in [0.1, 0.15) is 5.82 Å². The molecular formula is C11H14N2S. The Labute approximate surface area is 89.2 Å². The van der Waals surface area contributed by atoms with Crippen LogP contribution in [-0.4, -0.2) is 9.97 Å². The van der Waals surface area contributed by atoms with E-state index in [1.807, 2.05) is 18.2 Å². The average molecular weight is 206 g/mol. The molecule has 1 heterocycles. The molecule has 0 amide bonds. The van der Waals surface area contributed by atoms with Gasteiger partial charge in [0.2, 0.25) is 0 Å². The van der Waals surface area contributed by atoms with Crippen LogP contribution in [0, 0.1) is 0 Å². The maximum Gasteiger partial charge on any atom is 0.112 e. The Bertz CT molecular complexity index is 466. The van der Waals surface area contributed by atoms with Crippen LogP contribution in [0.3, 0.4) is 0 Å². The number of H-pyrrole nitrogens is 1. The molecule has 14 heavy (non-hydrogen) atoms. The van der Waals surface area contributed by atoms with E-state index < -0.39 is 0 Å². The van der Waals surface area contributed by atoms with Gasteiger partial charge in [-0.1, -0.05) is 20.8 Å². The first-order valence-electron chi connectivity index (χ1n) is 4.66. The van der Waals surface area contributed by atoms with Gasteiger partial charge in [0.15, 0.2) is 0 Å². The number of nitrogens with zero attached hydrogens (tertiary/aromatic N) is 1. The zero-order valence-electron chi connectivity index (χ0n) is 8.63. The fraction of sp³-hybridized carbons (Fsp3) is 0.364. The molecule has 0 atom stereocenters. The number of rotatable bonds is 0. The molecule has 0 unspecified atom stereocenters. The third kappa shape index (κ3) is 1.64. The van der Waals surface area contributed by atoms with Gasteiger partial charge < -0.3 is 4.98 Å². The lowest BCUT2D eigenvalue weighted by Crippen LogP contribution is -2.12. The summed E-state index contributed by atoms with van der Waals surface area (Å²) >= 11 is 4.29. The van der Waals surface area contributed by atoms with Crippen LogP contribution >= 0.6 is 12.6 Å². The molecule has 0 aliphatic rings. The van der Waals surface area contributed by atoms with Gasteiger partial charge in [-0.15, -0.1) is 12.6 Å². The van der Waals surface area contributed by atoms with E-state index in [0.29, 0.717) is 0 Å². The lowest BCUT2D eigenvalue weighted by atomic mass is 9.96. The molecule has 0 fully saturated rings. The lowest BCUT2D eigenvalue weighted by molar-refractivity contribution is 0.554. The fourth-order valence-corrected chi connectivity index (χ4v) is 1.56. The molecule has 1 aromatic carbocycles. The molecule has 1 N–H and O–H groups in total. The Morgan fingerprint density at radius 2 is 2.00 bits per heavy atom. The maximum atomic E-state index is 4.54. The van der Waals surface area contributed by atoms with E-state index >= 15 is 0 Å². The Morgan fingerprint density at radius 1 is 1.29 bits per heavy atom. The third-order valence-electron chi connectivity index (χ3n) is 2.18. The Balaban J connectivity index is 2.63. The molecule has 2 aromatic rings. The van der Waals surface area contributed by atoms with Crippen molar-refractivity contribution in [3.63, 3.8) is 0 Å². The highest BCUT2D eigenvalue weighted by atomic mass is 32.1. The first-order valence-corrected chi connectivity index (χ1v) is 5.11. The summed E-state index contributed by atoms with van der Waals surface area (Å²) in [6, 6.07) is 5.95. The number of benzene rings is 1. The summed E-state index contributed by atoms with van der Waals surface area (Å²) in [5.41, 5.74) is 2.13. The minimum absolute atomic E-state index is 0.0653. The van der Waals surface area contributed by atoms with Crippen LogP contribution in [0.25, 0.3) is 11.0 Å². The van der Waals surface area contributed by atoms with Crippen molar-refractivity contribution in [3.8, 4) is 0 Å². The quantitative estimate of drug-likeness (QED) is 0.637. The number of hydrogen-bond acceptors (Lipinski definition) is 2. The van der Waals surface area contributed by atoms with Crippen molar-refractivity contribution in [1.82, 2.24) is 9.97 Å². The largest absolute Gasteiger partial charge is 0.342 e. The standard InChI is InChI=1S/C11H14N2S/c1-11(2,3)10-12-8-5-4-7(14)6-9(8)13-10/h4-6,14H,1-3H3,(H,12,13). The Morgan fingerprint density at radius 3 is 2.64 bits per heavy atom. The number of aromatic nitrogens is 2. The van der Waals surface area contributed by atoms with Gasteiger partial charge in [-0.3, -0.25) is 0 Å². The summed E-state index contributed by atoms with van der Waals surface area (Å²) in [4.78, 5) is 8.81. The van der Waals surface area contributed by atoms with Crippen LogP contribution in [0.5, 0.6) is 0 Å². The monoisotopic (exact) mass is 206 g/mol. The van der Waals surface area contributed by atoms with Gasteiger partial charge in [-0.05, 0) is 18.2 Å². The molecular weight excluding hydrogens is 192 g/mol. The summed E-state index contributed by atoms with van der Waals surface area (Å²) in [7, 11) is 0. The lowest BCUT2D eigenvalue weighted by Gasteiger charge is -2.13. The molecule has 0 spiro atoms. The van der Waals surface area contributed by atoms with E-state index in [1.54, 1.807) is 0 Å². The minimum atomic E-state index is 0.0653. The van der Waals surface area contributed by atoms with Crippen LogP contribution in [-0.2, 0) is 5.41 Å². The number of imidazole rings is 1. The zero-order chi connectivity index (χ0) is 10.3. The van der Waals surface area contributed by atoms with E-state index in [0.717, 1.165) is 21.8 Å². The smallest absolute Gasteiger partial charge is 0.112 e. The van der Waals surface area contributed by atoms with Crippen LogP contribution in [0.1, 0.15) is 26.6 Å². The fourth-order valence-electron chi connectivity index (χ4n) is 1.35. The highest BCUT2D eigenvalue weighted by Crippen LogP contribution is 2.23. The van der Waals surface area contributed by atoms with Crippen molar-refractivity contribution in [2.75, 3.05) is 0 Å². The molecule has 0 saturated carbocycles. The molecule has 2 nitrogen and oxygen atoms in total. The predicted octanol–water partition coefficient (Wildman–Crippen LogP) is 3.15. The van der Waals surface area contributed by atoms with E-state index in [4.69, 9.17) is 0 Å². The summed E-state index contributed by atoms with van der Waals surface area (Å²) < 4.78 is 0. The normalized spacial score (nSPS) is 12.3. The van der Waals surface area contributed by atoms with Crippen molar-refractivity contribution >= 4 is 23.7 Å². The van der Waals surface area contributed by atoms with Crippen molar-refractivity contribution in [3.05, 3.63) is 24.0 Å². The van der Waals surface area contributed by atoms with Gasteiger partial charge in [-0.2, -0.15) is 0 Å². The summed E-state index contributed by atoms with van der Waals surface area (Å²) in [5.74, 6) is 1.02.